The van der Waals surface area contributed by atoms with E-state index in [0.29, 0.717) is 6.04 Å². The summed E-state index contributed by atoms with van der Waals surface area (Å²) < 4.78 is 2.09. The molecule has 0 amide bonds. The Kier molecular flexibility index (Phi) is 3.26. The number of piperidine rings is 1. The van der Waals surface area contributed by atoms with Crippen LogP contribution in [0, 0.1) is 0 Å². The fraction of sp³-hybridized carbons (Fsp3) is 0.727. The predicted octanol–water partition coefficient (Wildman–Crippen LogP) is 1.22. The minimum atomic E-state index is 0.392. The summed E-state index contributed by atoms with van der Waals surface area (Å²) >= 11 is 0. The molecule has 1 aliphatic heterocycles. The van der Waals surface area contributed by atoms with E-state index in [1.807, 2.05) is 6.20 Å². The lowest BCUT2D eigenvalue weighted by Crippen LogP contribution is -2.40. The van der Waals surface area contributed by atoms with Crippen LogP contribution in [0.4, 0.5) is 5.82 Å². The van der Waals surface area contributed by atoms with E-state index in [-0.39, 0.29) is 0 Å². The Balaban J connectivity index is 2.05. The molecule has 2 heterocycles. The van der Waals surface area contributed by atoms with Crippen LogP contribution in [0.25, 0.3) is 0 Å². The van der Waals surface area contributed by atoms with E-state index in [4.69, 9.17) is 5.73 Å². The van der Waals surface area contributed by atoms with E-state index in [1.54, 1.807) is 0 Å². The molecule has 0 unspecified atom stereocenters. The Morgan fingerprint density at radius 3 is 2.87 bits per heavy atom. The molecule has 0 aromatic carbocycles. The number of hydrogen-bond acceptors (Lipinski definition) is 3. The highest BCUT2D eigenvalue weighted by Crippen LogP contribution is 2.19. The molecule has 0 spiro atoms. The minimum absolute atomic E-state index is 0.392. The zero-order valence-electron chi connectivity index (χ0n) is 9.39. The fourth-order valence-corrected chi connectivity index (χ4v) is 2.11. The zero-order valence-corrected chi connectivity index (χ0v) is 9.39. The van der Waals surface area contributed by atoms with Gasteiger partial charge in [0.2, 0.25) is 0 Å². The van der Waals surface area contributed by atoms with Gasteiger partial charge in [0.15, 0.2) is 0 Å². The van der Waals surface area contributed by atoms with Gasteiger partial charge in [-0.2, -0.15) is 5.10 Å². The summed E-state index contributed by atoms with van der Waals surface area (Å²) in [6.07, 6.45) is 5.20. The minimum Gasteiger partial charge on any atom is -0.357 e. The van der Waals surface area contributed by atoms with E-state index >= 15 is 0 Å². The van der Waals surface area contributed by atoms with Crippen LogP contribution < -0.4 is 10.6 Å². The lowest BCUT2D eigenvalue weighted by atomic mass is 10.1. The molecule has 4 nitrogen and oxygen atoms in total. The van der Waals surface area contributed by atoms with E-state index in [1.165, 1.54) is 5.82 Å². The summed E-state index contributed by atoms with van der Waals surface area (Å²) in [5.74, 6) is 1.25. The number of rotatable bonds is 3. The Morgan fingerprint density at radius 1 is 1.47 bits per heavy atom. The second-order valence-corrected chi connectivity index (χ2v) is 4.24. The lowest BCUT2D eigenvalue weighted by molar-refractivity contribution is 0.485. The van der Waals surface area contributed by atoms with Crippen molar-refractivity contribution in [3.05, 3.63) is 12.3 Å². The molecule has 1 aromatic rings. The number of nitrogens with two attached hydrogens (primary N) is 1. The van der Waals surface area contributed by atoms with E-state index < -0.39 is 0 Å². The van der Waals surface area contributed by atoms with Crippen molar-refractivity contribution in [2.24, 2.45) is 5.73 Å². The third kappa shape index (κ3) is 2.31. The first-order valence-electron chi connectivity index (χ1n) is 5.83. The van der Waals surface area contributed by atoms with Crippen LogP contribution in [0.15, 0.2) is 12.3 Å². The third-order valence-electron chi connectivity index (χ3n) is 2.99. The smallest absolute Gasteiger partial charge is 0.126 e. The number of anilines is 1. The van der Waals surface area contributed by atoms with Gasteiger partial charge in [0.05, 0.1) is 6.20 Å². The van der Waals surface area contributed by atoms with E-state index in [0.717, 1.165) is 38.9 Å². The molecule has 84 valence electrons. The molecule has 0 saturated carbocycles. The van der Waals surface area contributed by atoms with Crippen LogP contribution in [0.1, 0.15) is 26.2 Å². The molecule has 0 bridgehead atoms. The van der Waals surface area contributed by atoms with Crippen molar-refractivity contribution in [3.8, 4) is 0 Å². The van der Waals surface area contributed by atoms with Crippen molar-refractivity contribution >= 4 is 5.82 Å². The van der Waals surface area contributed by atoms with Crippen molar-refractivity contribution < 1.29 is 0 Å². The molecule has 0 atom stereocenters. The van der Waals surface area contributed by atoms with Crippen LogP contribution in [-0.2, 0) is 6.54 Å². The highest BCUT2D eigenvalue weighted by atomic mass is 15.4. The summed E-state index contributed by atoms with van der Waals surface area (Å²) in [5, 5.41) is 4.34. The van der Waals surface area contributed by atoms with Crippen molar-refractivity contribution in [1.29, 1.82) is 0 Å². The van der Waals surface area contributed by atoms with Crippen LogP contribution in [0.5, 0.6) is 0 Å². The zero-order chi connectivity index (χ0) is 10.7. The van der Waals surface area contributed by atoms with E-state index in [9.17, 15) is 0 Å². The molecule has 4 heteroatoms. The average Bonchev–Trinajstić information content (AvgIpc) is 2.68. The van der Waals surface area contributed by atoms with Gasteiger partial charge in [-0.25, -0.2) is 4.68 Å². The average molecular weight is 208 g/mol. The molecule has 0 aliphatic carbocycles. The molecule has 1 aromatic heterocycles. The standard InChI is InChI=1S/C11H20N4/c1-2-7-15-11(3-6-13-15)14-8-4-10(12)5-9-14/h3,6,10H,2,4-5,7-9,12H2,1H3. The van der Waals surface area contributed by atoms with Crippen molar-refractivity contribution in [2.45, 2.75) is 38.8 Å². The number of nitrogens with zero attached hydrogens (tertiary/aromatic N) is 3. The number of aryl methyl sites for hydroxylation is 1. The highest BCUT2D eigenvalue weighted by Gasteiger charge is 2.18. The third-order valence-corrected chi connectivity index (χ3v) is 2.99. The highest BCUT2D eigenvalue weighted by molar-refractivity contribution is 5.38. The normalized spacial score (nSPS) is 18.4. The summed E-state index contributed by atoms with van der Waals surface area (Å²) in [7, 11) is 0. The molecule has 1 aliphatic rings. The maximum atomic E-state index is 5.90. The number of aromatic nitrogens is 2. The largest absolute Gasteiger partial charge is 0.357 e. The monoisotopic (exact) mass is 208 g/mol. The lowest BCUT2D eigenvalue weighted by Gasteiger charge is -2.31. The molecule has 2 rings (SSSR count). The van der Waals surface area contributed by atoms with Gasteiger partial charge in [-0.3, -0.25) is 0 Å². The van der Waals surface area contributed by atoms with E-state index in [2.05, 4.69) is 27.7 Å². The molecule has 0 radical (unpaired) electrons. The van der Waals surface area contributed by atoms with Crippen molar-refractivity contribution in [2.75, 3.05) is 18.0 Å². The molecule has 1 saturated heterocycles. The summed E-state index contributed by atoms with van der Waals surface area (Å²) in [4.78, 5) is 2.39. The van der Waals surface area contributed by atoms with Gasteiger partial charge >= 0.3 is 0 Å². The Hall–Kier alpha value is -1.03. The maximum Gasteiger partial charge on any atom is 0.126 e. The summed E-state index contributed by atoms with van der Waals surface area (Å²) in [6.45, 7) is 5.32. The SMILES string of the molecule is CCCn1nccc1N1CCC(N)CC1. The van der Waals surface area contributed by atoms with Crippen LogP contribution in [-0.4, -0.2) is 28.9 Å². The van der Waals surface area contributed by atoms with Crippen molar-refractivity contribution in [3.63, 3.8) is 0 Å². The van der Waals surface area contributed by atoms with Crippen LogP contribution >= 0.6 is 0 Å². The van der Waals surface area contributed by atoms with Gasteiger partial charge in [-0.1, -0.05) is 6.92 Å². The molecular weight excluding hydrogens is 188 g/mol. The van der Waals surface area contributed by atoms with Gasteiger partial charge in [0, 0.05) is 31.7 Å². The maximum absolute atomic E-state index is 5.90. The molecule has 2 N–H and O–H groups in total. The van der Waals surface area contributed by atoms with Crippen LogP contribution in [0.3, 0.4) is 0 Å². The Labute approximate surface area is 91.1 Å². The first-order valence-corrected chi connectivity index (χ1v) is 5.83. The predicted molar refractivity (Wildman–Crippen MR) is 61.9 cm³/mol. The second-order valence-electron chi connectivity index (χ2n) is 4.24. The van der Waals surface area contributed by atoms with Gasteiger partial charge in [-0.15, -0.1) is 0 Å². The number of hydrogen-bond donors (Lipinski definition) is 1. The van der Waals surface area contributed by atoms with Crippen LogP contribution in [0.2, 0.25) is 0 Å². The topological polar surface area (TPSA) is 47.1 Å². The van der Waals surface area contributed by atoms with Gasteiger partial charge in [0.1, 0.15) is 5.82 Å². The van der Waals surface area contributed by atoms with Gasteiger partial charge in [0.25, 0.3) is 0 Å². The Bertz CT molecular complexity index is 299. The molecule has 15 heavy (non-hydrogen) atoms. The molecule has 1 fully saturated rings. The summed E-state index contributed by atoms with van der Waals surface area (Å²) in [6, 6.07) is 2.50. The fourth-order valence-electron chi connectivity index (χ4n) is 2.11. The summed E-state index contributed by atoms with van der Waals surface area (Å²) in [5.41, 5.74) is 5.90. The van der Waals surface area contributed by atoms with Crippen molar-refractivity contribution in [1.82, 2.24) is 9.78 Å². The second kappa shape index (κ2) is 4.66. The Morgan fingerprint density at radius 2 is 2.20 bits per heavy atom. The first kappa shape index (κ1) is 10.5. The quantitative estimate of drug-likeness (QED) is 0.812. The van der Waals surface area contributed by atoms with Gasteiger partial charge < -0.3 is 10.6 Å². The first-order chi connectivity index (χ1) is 7.31. The molecular formula is C11H20N4. The van der Waals surface area contributed by atoms with Gasteiger partial charge in [-0.05, 0) is 19.3 Å².